The van der Waals surface area contributed by atoms with Gasteiger partial charge in [0.1, 0.15) is 13.2 Å². The molecule has 0 fully saturated rings. The summed E-state index contributed by atoms with van der Waals surface area (Å²) in [6, 6.07) is 0. The van der Waals surface area contributed by atoms with Gasteiger partial charge in [0.25, 0.3) is 0 Å². The molecule has 0 saturated heterocycles. The van der Waals surface area contributed by atoms with Crippen LogP contribution in [0.3, 0.4) is 0 Å². The van der Waals surface area contributed by atoms with E-state index in [2.05, 4.69) is 135 Å². The Morgan fingerprint density at radius 3 is 0.988 bits per heavy atom. The predicted octanol–water partition coefficient (Wildman–Crippen LogP) is 18.7. The number of likely N-dealkylation sites (N-methyl/N-ethyl adjacent to an activating group) is 1. The van der Waals surface area contributed by atoms with E-state index in [9.17, 15) is 19.5 Å². The second-order valence-electron chi connectivity index (χ2n) is 22.6. The molecule has 0 aromatic carbocycles. The van der Waals surface area contributed by atoms with E-state index in [1.165, 1.54) is 109 Å². The number of unbranched alkanes of at least 4 members (excludes halogenated alkanes) is 24. The molecule has 9 nitrogen and oxygen atoms in total. The predicted molar refractivity (Wildman–Crippen MR) is 343 cm³/mol. The number of quaternary nitrogens is 1. The van der Waals surface area contributed by atoms with Crippen molar-refractivity contribution in [3.05, 3.63) is 122 Å². The SMILES string of the molecule is CC/C=C\C/C=C\C/C=C\C/C=C\C/C=C\C/C=C\CCCCCCCCCCCCCCCCCCC(=O)OC(COC(=O)CCCCCCCCCC/C=C\C/C=C\C/C=C\C/C=C\CC)COC(OCC[N+](C)(C)C)C(=O)[O-]. The number of carboxylic acid groups (broad SMARTS) is 1. The molecule has 0 N–H and O–H groups in total. The number of rotatable bonds is 59. The third kappa shape index (κ3) is 63.1. The zero-order chi connectivity index (χ0) is 59.1. The molecule has 0 spiro atoms. The van der Waals surface area contributed by atoms with E-state index >= 15 is 0 Å². The number of hydrogen-bond donors (Lipinski definition) is 0. The van der Waals surface area contributed by atoms with Gasteiger partial charge in [0.15, 0.2) is 12.4 Å². The molecule has 0 aliphatic heterocycles. The first kappa shape index (κ1) is 76.7. The number of allylic oxidation sites excluding steroid dienone is 20. The van der Waals surface area contributed by atoms with Crippen molar-refractivity contribution in [3.8, 4) is 0 Å². The Kier molecular flexibility index (Phi) is 58.5. The van der Waals surface area contributed by atoms with E-state index in [4.69, 9.17) is 18.9 Å². The van der Waals surface area contributed by atoms with Crippen molar-refractivity contribution in [2.45, 2.75) is 270 Å². The van der Waals surface area contributed by atoms with Crippen LogP contribution in [-0.4, -0.2) is 82.3 Å². The molecule has 0 saturated carbocycles. The fourth-order valence-electron chi connectivity index (χ4n) is 8.77. The largest absolute Gasteiger partial charge is 0.545 e. The summed E-state index contributed by atoms with van der Waals surface area (Å²) in [5, 5.41) is 11.8. The van der Waals surface area contributed by atoms with Crippen LogP contribution in [0.25, 0.3) is 0 Å². The van der Waals surface area contributed by atoms with Gasteiger partial charge in [0.05, 0.1) is 40.3 Å². The Hall–Kier alpha value is -4.31. The Morgan fingerprint density at radius 1 is 0.370 bits per heavy atom. The molecule has 0 aromatic rings. The van der Waals surface area contributed by atoms with E-state index in [-0.39, 0.29) is 38.6 Å². The van der Waals surface area contributed by atoms with E-state index in [0.29, 0.717) is 17.4 Å². The van der Waals surface area contributed by atoms with Crippen LogP contribution in [0.1, 0.15) is 258 Å². The second-order valence-corrected chi connectivity index (χ2v) is 22.6. The van der Waals surface area contributed by atoms with E-state index in [0.717, 1.165) is 116 Å². The highest BCUT2D eigenvalue weighted by Gasteiger charge is 2.22. The third-order valence-corrected chi connectivity index (χ3v) is 13.7. The molecule has 0 heterocycles. The van der Waals surface area contributed by atoms with Gasteiger partial charge in [-0.05, 0) is 103 Å². The minimum atomic E-state index is -1.63. The third-order valence-electron chi connectivity index (χ3n) is 13.7. The summed E-state index contributed by atoms with van der Waals surface area (Å²) < 4.78 is 22.8. The van der Waals surface area contributed by atoms with Crippen LogP contribution in [0.4, 0.5) is 0 Å². The van der Waals surface area contributed by atoms with E-state index in [1.54, 1.807) is 0 Å². The van der Waals surface area contributed by atoms with Crippen molar-refractivity contribution >= 4 is 17.9 Å². The number of carboxylic acids is 1. The van der Waals surface area contributed by atoms with Gasteiger partial charge in [0.2, 0.25) is 0 Å². The lowest BCUT2D eigenvalue weighted by Crippen LogP contribution is -2.44. The molecule has 0 aromatic heterocycles. The number of carbonyl (C=O) groups excluding carboxylic acids is 3. The molecule has 2 atom stereocenters. The van der Waals surface area contributed by atoms with Crippen molar-refractivity contribution in [2.24, 2.45) is 0 Å². The number of aliphatic carboxylic acids is 1. The number of esters is 2. The second kappa shape index (κ2) is 61.8. The highest BCUT2D eigenvalue weighted by Crippen LogP contribution is 2.16. The van der Waals surface area contributed by atoms with Gasteiger partial charge >= 0.3 is 11.9 Å². The minimum absolute atomic E-state index is 0.142. The molecular weight excluding hydrogens is 1010 g/mol. The minimum Gasteiger partial charge on any atom is -0.545 e. The van der Waals surface area contributed by atoms with Gasteiger partial charge in [0, 0.05) is 12.8 Å². The summed E-state index contributed by atoms with van der Waals surface area (Å²) in [5.74, 6) is -2.30. The van der Waals surface area contributed by atoms with Gasteiger partial charge in [-0.1, -0.05) is 264 Å². The maximum Gasteiger partial charge on any atom is 0.306 e. The van der Waals surface area contributed by atoms with E-state index in [1.807, 2.05) is 21.1 Å². The first-order chi connectivity index (χ1) is 39.6. The number of carbonyl (C=O) groups is 3. The maximum absolute atomic E-state index is 12.9. The molecule has 9 heteroatoms. The van der Waals surface area contributed by atoms with Gasteiger partial charge in [-0.2, -0.15) is 0 Å². The van der Waals surface area contributed by atoms with Crippen LogP contribution in [0.15, 0.2) is 122 Å². The van der Waals surface area contributed by atoms with Crippen molar-refractivity contribution in [1.29, 1.82) is 0 Å². The maximum atomic E-state index is 12.9. The van der Waals surface area contributed by atoms with E-state index < -0.39 is 24.3 Å². The highest BCUT2D eigenvalue weighted by molar-refractivity contribution is 5.70. The van der Waals surface area contributed by atoms with Crippen molar-refractivity contribution in [3.63, 3.8) is 0 Å². The van der Waals surface area contributed by atoms with Crippen LogP contribution < -0.4 is 5.11 Å². The molecule has 462 valence electrons. The summed E-state index contributed by atoms with van der Waals surface area (Å²) in [6.45, 7) is 4.52. The number of hydrogen-bond acceptors (Lipinski definition) is 8. The quantitative estimate of drug-likeness (QED) is 0.0195. The normalized spacial score (nSPS) is 13.5. The fourth-order valence-corrected chi connectivity index (χ4v) is 8.77. The Bertz CT molecular complexity index is 1740. The number of ether oxygens (including phenoxy) is 4. The zero-order valence-electron chi connectivity index (χ0n) is 52.6. The first-order valence-corrected chi connectivity index (χ1v) is 32.7. The monoisotopic (exact) mass is 1130 g/mol. The number of nitrogens with zero attached hydrogens (tertiary/aromatic N) is 1. The summed E-state index contributed by atoms with van der Waals surface area (Å²) in [5.41, 5.74) is 0. The molecule has 0 amide bonds. The van der Waals surface area contributed by atoms with Crippen LogP contribution in [0.5, 0.6) is 0 Å². The van der Waals surface area contributed by atoms with Gasteiger partial charge < -0.3 is 33.3 Å². The van der Waals surface area contributed by atoms with Crippen molar-refractivity contribution < 1.29 is 42.9 Å². The average Bonchev–Trinajstić information content (AvgIpc) is 3.44. The fraction of sp³-hybridized carbons (Fsp3) is 0.681. The summed E-state index contributed by atoms with van der Waals surface area (Å²) >= 11 is 0. The lowest BCUT2D eigenvalue weighted by molar-refractivity contribution is -0.870. The summed E-state index contributed by atoms with van der Waals surface area (Å²) in [7, 11) is 5.92. The summed E-state index contributed by atoms with van der Waals surface area (Å²) in [4.78, 5) is 37.4. The molecule has 81 heavy (non-hydrogen) atoms. The average molecular weight is 1130 g/mol. The van der Waals surface area contributed by atoms with Crippen molar-refractivity contribution in [1.82, 2.24) is 0 Å². The van der Waals surface area contributed by atoms with Crippen LogP contribution >= 0.6 is 0 Å². The van der Waals surface area contributed by atoms with Crippen molar-refractivity contribution in [2.75, 3.05) is 47.5 Å². The molecule has 0 aliphatic rings. The standard InChI is InChI=1S/C72H121NO8/c1-6-8-10-12-14-16-18-20-22-24-26-28-29-30-31-32-33-34-35-36-37-38-39-40-41-43-45-47-49-51-53-55-57-59-61-63-70(75)81-68(67-80-72(71(76)77)78-65-64-73(3,4)5)66-79-69(74)62-60-58-56-54-52-50-48-46-44-42-27-25-23-21-19-17-15-13-11-9-7-2/h8-11,14-17,20-23,26-28,30-31,33-34,42,68,72H,6-7,12-13,18-19,24-25,29,32,35-41,43-67H2,1-5H3/b10-8-,11-9-,16-14-,17-15-,22-20-,23-21-,28-26-,31-30-,34-33-,42-27-. The Labute approximate surface area is 497 Å². The highest BCUT2D eigenvalue weighted by atomic mass is 16.7. The summed E-state index contributed by atoms with van der Waals surface area (Å²) in [6.07, 6.45) is 84.1. The molecule has 0 radical (unpaired) electrons. The molecular formula is C72H121NO8. The lowest BCUT2D eigenvalue weighted by atomic mass is 10.0. The van der Waals surface area contributed by atoms with Gasteiger partial charge in [-0.25, -0.2) is 0 Å². The topological polar surface area (TPSA) is 111 Å². The molecule has 0 aliphatic carbocycles. The van der Waals surface area contributed by atoms with Crippen LogP contribution in [-0.2, 0) is 33.3 Å². The van der Waals surface area contributed by atoms with Gasteiger partial charge in [-0.15, -0.1) is 0 Å². The first-order valence-electron chi connectivity index (χ1n) is 32.7. The van der Waals surface area contributed by atoms with Crippen LogP contribution in [0, 0.1) is 0 Å². The molecule has 2 unspecified atom stereocenters. The molecule has 0 bridgehead atoms. The van der Waals surface area contributed by atoms with Crippen LogP contribution in [0.2, 0.25) is 0 Å². The zero-order valence-corrected chi connectivity index (χ0v) is 52.6. The lowest BCUT2D eigenvalue weighted by Gasteiger charge is -2.26. The molecule has 0 rings (SSSR count). The Morgan fingerprint density at radius 2 is 0.667 bits per heavy atom. The Balaban J connectivity index is 4.14. The smallest absolute Gasteiger partial charge is 0.306 e. The van der Waals surface area contributed by atoms with Gasteiger partial charge in [-0.3, -0.25) is 9.59 Å².